The molecule has 1 aliphatic heterocycles. The molecule has 1 aromatic heterocycles. The van der Waals surface area contributed by atoms with Gasteiger partial charge in [-0.05, 0) is 37.3 Å². The summed E-state index contributed by atoms with van der Waals surface area (Å²) in [5, 5.41) is 12.4. The lowest BCUT2D eigenvalue weighted by molar-refractivity contribution is 0.278. The summed E-state index contributed by atoms with van der Waals surface area (Å²) in [6.45, 7) is 4.13. The summed E-state index contributed by atoms with van der Waals surface area (Å²) in [7, 11) is 0. The highest BCUT2D eigenvalue weighted by molar-refractivity contribution is 6.28. The first-order valence-electron chi connectivity index (χ1n) is 6.77. The van der Waals surface area contributed by atoms with Crippen molar-refractivity contribution in [2.24, 2.45) is 0 Å². The Morgan fingerprint density at radius 1 is 1.32 bits per heavy atom. The molecule has 106 valence electrons. The van der Waals surface area contributed by atoms with Crippen LogP contribution >= 0.6 is 11.6 Å². The predicted molar refractivity (Wildman–Crippen MR) is 75.7 cm³/mol. The molecule has 2 heterocycles. The van der Waals surface area contributed by atoms with Crippen molar-refractivity contribution in [1.29, 1.82) is 0 Å². The van der Waals surface area contributed by atoms with E-state index in [4.69, 9.17) is 16.7 Å². The minimum Gasteiger partial charge on any atom is -0.396 e. The van der Waals surface area contributed by atoms with Gasteiger partial charge in [-0.2, -0.15) is 15.0 Å². The maximum absolute atomic E-state index is 9.00. The lowest BCUT2D eigenvalue weighted by Crippen LogP contribution is -2.24. The summed E-state index contributed by atoms with van der Waals surface area (Å²) < 4.78 is 0. The molecule has 0 spiro atoms. The molecule has 19 heavy (non-hydrogen) atoms. The third-order valence-electron chi connectivity index (χ3n) is 3.29. The fraction of sp³-hybridized carbons (Fsp3) is 0.750. The second-order valence-corrected chi connectivity index (χ2v) is 5.02. The summed E-state index contributed by atoms with van der Waals surface area (Å²) in [5.41, 5.74) is 0. The van der Waals surface area contributed by atoms with Gasteiger partial charge in [-0.3, -0.25) is 0 Å². The Kier molecular flexibility index (Phi) is 5.15. The zero-order valence-corrected chi connectivity index (χ0v) is 11.9. The van der Waals surface area contributed by atoms with Gasteiger partial charge in [0.2, 0.25) is 17.2 Å². The van der Waals surface area contributed by atoms with Crippen LogP contribution in [0.4, 0.5) is 11.9 Å². The second-order valence-electron chi connectivity index (χ2n) is 4.68. The van der Waals surface area contributed by atoms with Crippen molar-refractivity contribution in [3.63, 3.8) is 0 Å². The van der Waals surface area contributed by atoms with Crippen LogP contribution in [0.2, 0.25) is 5.28 Å². The third-order valence-corrected chi connectivity index (χ3v) is 3.46. The molecule has 1 unspecified atom stereocenters. The second kappa shape index (κ2) is 6.86. The van der Waals surface area contributed by atoms with E-state index in [2.05, 4.69) is 32.1 Å². The quantitative estimate of drug-likeness (QED) is 0.829. The molecule has 6 nitrogen and oxygen atoms in total. The largest absolute Gasteiger partial charge is 0.396 e. The number of hydrogen-bond donors (Lipinski definition) is 2. The molecular formula is C12H20ClN5O. The molecular weight excluding hydrogens is 266 g/mol. The molecule has 7 heteroatoms. The number of aliphatic hydroxyl groups is 1. The van der Waals surface area contributed by atoms with Crippen molar-refractivity contribution >= 4 is 23.5 Å². The topological polar surface area (TPSA) is 74.2 Å². The molecule has 0 bridgehead atoms. The first kappa shape index (κ1) is 14.3. The number of anilines is 2. The van der Waals surface area contributed by atoms with E-state index >= 15 is 0 Å². The Morgan fingerprint density at radius 2 is 2.05 bits per heavy atom. The number of nitrogens with one attached hydrogen (secondary N) is 1. The average molecular weight is 286 g/mol. The molecule has 0 aliphatic carbocycles. The number of halogens is 1. The normalized spacial score (nSPS) is 16.7. The highest BCUT2D eigenvalue weighted by atomic mass is 35.5. The minimum absolute atomic E-state index is 0.142. The number of nitrogens with zero attached hydrogens (tertiary/aromatic N) is 4. The smallest absolute Gasteiger partial charge is 0.231 e. The Hall–Kier alpha value is -1.14. The molecule has 1 saturated heterocycles. The molecule has 1 aromatic rings. The van der Waals surface area contributed by atoms with Gasteiger partial charge in [0.1, 0.15) is 0 Å². The SMILES string of the molecule is CCC(CCO)Nc1nc(Cl)nc(N2CCCC2)n1. The Morgan fingerprint density at radius 3 is 2.68 bits per heavy atom. The summed E-state index contributed by atoms with van der Waals surface area (Å²) >= 11 is 5.95. The molecule has 0 aromatic carbocycles. The maximum Gasteiger partial charge on any atom is 0.231 e. The Balaban J connectivity index is 2.11. The van der Waals surface area contributed by atoms with Gasteiger partial charge in [0.05, 0.1) is 0 Å². The Labute approximate surface area is 118 Å². The molecule has 2 rings (SSSR count). The van der Waals surface area contributed by atoms with Crippen LogP contribution in [0, 0.1) is 0 Å². The molecule has 0 amide bonds. The van der Waals surface area contributed by atoms with Crippen molar-refractivity contribution in [2.45, 2.75) is 38.6 Å². The monoisotopic (exact) mass is 285 g/mol. The first-order chi connectivity index (χ1) is 9.22. The molecule has 1 atom stereocenters. The Bertz CT molecular complexity index is 411. The van der Waals surface area contributed by atoms with Gasteiger partial charge in [0, 0.05) is 25.7 Å². The maximum atomic E-state index is 9.00. The zero-order valence-electron chi connectivity index (χ0n) is 11.1. The highest BCUT2D eigenvalue weighted by Crippen LogP contribution is 2.19. The minimum atomic E-state index is 0.142. The van der Waals surface area contributed by atoms with Gasteiger partial charge in [0.25, 0.3) is 0 Å². The van der Waals surface area contributed by atoms with E-state index in [1.807, 2.05) is 0 Å². The van der Waals surface area contributed by atoms with E-state index < -0.39 is 0 Å². The van der Waals surface area contributed by atoms with Crippen LogP contribution in [0.1, 0.15) is 32.6 Å². The van der Waals surface area contributed by atoms with E-state index in [9.17, 15) is 0 Å². The number of aromatic nitrogens is 3. The van der Waals surface area contributed by atoms with E-state index in [0.717, 1.165) is 32.4 Å². The van der Waals surface area contributed by atoms with Crippen LogP contribution in [0.15, 0.2) is 0 Å². The van der Waals surface area contributed by atoms with Gasteiger partial charge in [0.15, 0.2) is 0 Å². The number of rotatable bonds is 6. The van der Waals surface area contributed by atoms with Crippen LogP contribution in [0.3, 0.4) is 0 Å². The predicted octanol–water partition coefficient (Wildman–Crippen LogP) is 1.70. The van der Waals surface area contributed by atoms with Gasteiger partial charge >= 0.3 is 0 Å². The summed E-state index contributed by atoms with van der Waals surface area (Å²) in [6, 6.07) is 0.148. The summed E-state index contributed by atoms with van der Waals surface area (Å²) in [5.74, 6) is 1.13. The summed E-state index contributed by atoms with van der Waals surface area (Å²) in [4.78, 5) is 14.8. The van der Waals surface area contributed by atoms with Crippen LogP contribution in [-0.2, 0) is 0 Å². The first-order valence-corrected chi connectivity index (χ1v) is 7.14. The summed E-state index contributed by atoms with van der Waals surface area (Å²) in [6.07, 6.45) is 3.88. The van der Waals surface area contributed by atoms with Crippen LogP contribution in [0.25, 0.3) is 0 Å². The van der Waals surface area contributed by atoms with Crippen molar-refractivity contribution in [3.05, 3.63) is 5.28 Å². The lowest BCUT2D eigenvalue weighted by atomic mass is 10.2. The fourth-order valence-electron chi connectivity index (χ4n) is 2.18. The van der Waals surface area contributed by atoms with Crippen LogP contribution in [-0.4, -0.2) is 45.8 Å². The van der Waals surface area contributed by atoms with Gasteiger partial charge < -0.3 is 15.3 Å². The zero-order chi connectivity index (χ0) is 13.7. The lowest BCUT2D eigenvalue weighted by Gasteiger charge is -2.18. The standard InChI is InChI=1S/C12H20ClN5O/c1-2-9(5-8-19)14-11-15-10(13)16-12(17-11)18-6-3-4-7-18/h9,19H,2-8H2,1H3,(H,14,15,16,17). The van der Waals surface area contributed by atoms with Crippen LogP contribution in [0.5, 0.6) is 0 Å². The van der Waals surface area contributed by atoms with Gasteiger partial charge in [-0.1, -0.05) is 6.92 Å². The van der Waals surface area contributed by atoms with Crippen molar-refractivity contribution in [2.75, 3.05) is 29.9 Å². The van der Waals surface area contributed by atoms with Gasteiger partial charge in [-0.25, -0.2) is 0 Å². The fourth-order valence-corrected chi connectivity index (χ4v) is 2.34. The molecule has 1 aliphatic rings. The number of hydrogen-bond acceptors (Lipinski definition) is 6. The highest BCUT2D eigenvalue weighted by Gasteiger charge is 2.17. The molecule has 2 N–H and O–H groups in total. The van der Waals surface area contributed by atoms with Crippen molar-refractivity contribution in [3.8, 4) is 0 Å². The van der Waals surface area contributed by atoms with E-state index in [-0.39, 0.29) is 17.9 Å². The average Bonchev–Trinajstić information content (AvgIpc) is 2.91. The van der Waals surface area contributed by atoms with Crippen molar-refractivity contribution < 1.29 is 5.11 Å². The molecule has 0 radical (unpaired) electrons. The van der Waals surface area contributed by atoms with E-state index in [1.54, 1.807) is 0 Å². The van der Waals surface area contributed by atoms with Crippen LogP contribution < -0.4 is 10.2 Å². The van der Waals surface area contributed by atoms with Gasteiger partial charge in [-0.15, -0.1) is 0 Å². The molecule has 0 saturated carbocycles. The van der Waals surface area contributed by atoms with E-state index in [0.29, 0.717) is 18.3 Å². The van der Waals surface area contributed by atoms with Crippen molar-refractivity contribution in [1.82, 2.24) is 15.0 Å². The van der Waals surface area contributed by atoms with E-state index in [1.165, 1.54) is 0 Å². The number of aliphatic hydroxyl groups excluding tert-OH is 1. The third kappa shape index (κ3) is 3.91. The molecule has 1 fully saturated rings.